The maximum absolute atomic E-state index is 10.5. The Morgan fingerprint density at radius 2 is 1.75 bits per heavy atom. The Balaban J connectivity index is 1.67. The monoisotopic (exact) mass is 452 g/mol. The normalized spacial score (nSPS) is 12.1. The van der Waals surface area contributed by atoms with E-state index >= 15 is 0 Å². The number of rotatable bonds is 6. The second-order valence-electron chi connectivity index (χ2n) is 6.10. The van der Waals surface area contributed by atoms with Gasteiger partial charge in [-0.3, -0.25) is 9.55 Å². The van der Waals surface area contributed by atoms with Crippen molar-refractivity contribution in [2.45, 2.75) is 11.3 Å². The van der Waals surface area contributed by atoms with Gasteiger partial charge in [0.05, 0.1) is 6.10 Å². The molecule has 0 aliphatic carbocycles. The average molecular weight is 453 g/mol. The molecule has 0 aliphatic heterocycles. The number of thioether (sulfide) groups is 1. The summed E-state index contributed by atoms with van der Waals surface area (Å²) in [6, 6.07) is 21.4. The third-order valence-electron chi connectivity index (χ3n) is 4.19. The van der Waals surface area contributed by atoms with Gasteiger partial charge in [-0.2, -0.15) is 0 Å². The number of nitrogens with zero attached hydrogens (tertiary/aromatic N) is 4. The molecular weight excluding hydrogens is 436 g/mol. The first kappa shape index (κ1) is 18.9. The van der Waals surface area contributed by atoms with Crippen LogP contribution >= 0.6 is 27.7 Å². The van der Waals surface area contributed by atoms with E-state index in [4.69, 9.17) is 0 Å². The van der Waals surface area contributed by atoms with Crippen LogP contribution < -0.4 is 0 Å². The summed E-state index contributed by atoms with van der Waals surface area (Å²) in [6.07, 6.45) is 2.92. The van der Waals surface area contributed by atoms with E-state index in [-0.39, 0.29) is 0 Å². The standard InChI is InChI=1S/C21H17BrN4OS/c22-17-8-10-18(11-9-17)26-20(16-7-4-12-23-13-16)24-25-21(26)28-14-19(27)15-5-2-1-3-6-15/h1-13,19,27H,14H2/t19-/m1/s1. The summed E-state index contributed by atoms with van der Waals surface area (Å²) in [5.41, 5.74) is 2.72. The zero-order valence-corrected chi connectivity index (χ0v) is 17.2. The highest BCUT2D eigenvalue weighted by Gasteiger charge is 2.18. The topological polar surface area (TPSA) is 63.8 Å². The molecule has 0 radical (unpaired) electrons. The van der Waals surface area contributed by atoms with E-state index in [0.717, 1.165) is 26.4 Å². The molecule has 4 aromatic rings. The zero-order valence-electron chi connectivity index (χ0n) is 14.8. The van der Waals surface area contributed by atoms with E-state index in [9.17, 15) is 5.11 Å². The van der Waals surface area contributed by atoms with Crippen LogP contribution in [0.25, 0.3) is 17.1 Å². The van der Waals surface area contributed by atoms with Gasteiger partial charge >= 0.3 is 0 Å². The fourth-order valence-corrected chi connectivity index (χ4v) is 3.98. The molecule has 0 saturated heterocycles. The van der Waals surface area contributed by atoms with Gasteiger partial charge in [-0.15, -0.1) is 10.2 Å². The zero-order chi connectivity index (χ0) is 19.3. The third kappa shape index (κ3) is 4.16. The van der Waals surface area contributed by atoms with E-state index in [1.807, 2.05) is 71.3 Å². The van der Waals surface area contributed by atoms with Crippen molar-refractivity contribution >= 4 is 27.7 Å². The SMILES string of the molecule is O[C@H](CSc1nnc(-c2cccnc2)n1-c1ccc(Br)cc1)c1ccccc1. The van der Waals surface area contributed by atoms with Crippen molar-refractivity contribution in [3.8, 4) is 17.1 Å². The number of aliphatic hydroxyl groups is 1. The van der Waals surface area contributed by atoms with Crippen molar-refractivity contribution in [1.82, 2.24) is 19.7 Å². The van der Waals surface area contributed by atoms with Gasteiger partial charge in [-0.05, 0) is 42.0 Å². The quantitative estimate of drug-likeness (QED) is 0.420. The molecule has 1 N–H and O–H groups in total. The first-order chi connectivity index (χ1) is 13.7. The minimum absolute atomic E-state index is 0.478. The van der Waals surface area contributed by atoms with Crippen LogP contribution in [0.15, 0.2) is 88.8 Å². The van der Waals surface area contributed by atoms with E-state index in [1.165, 1.54) is 11.8 Å². The van der Waals surface area contributed by atoms with Crippen LogP contribution in [-0.2, 0) is 0 Å². The van der Waals surface area contributed by atoms with Crippen LogP contribution in [0.2, 0.25) is 0 Å². The Kier molecular flexibility index (Phi) is 5.85. The van der Waals surface area contributed by atoms with Crippen molar-refractivity contribution in [3.05, 3.63) is 89.2 Å². The summed E-state index contributed by atoms with van der Waals surface area (Å²) < 4.78 is 2.99. The smallest absolute Gasteiger partial charge is 0.196 e. The third-order valence-corrected chi connectivity index (χ3v) is 5.73. The van der Waals surface area contributed by atoms with Crippen molar-refractivity contribution in [3.63, 3.8) is 0 Å². The predicted octanol–water partition coefficient (Wildman–Crippen LogP) is 4.92. The summed E-state index contributed by atoms with van der Waals surface area (Å²) in [4.78, 5) is 4.20. The van der Waals surface area contributed by atoms with Gasteiger partial charge in [-0.25, -0.2) is 0 Å². The Morgan fingerprint density at radius 3 is 2.46 bits per heavy atom. The van der Waals surface area contributed by atoms with E-state index in [2.05, 4.69) is 31.1 Å². The lowest BCUT2D eigenvalue weighted by Crippen LogP contribution is -2.03. The second-order valence-corrected chi connectivity index (χ2v) is 8.00. The Labute approximate surface area is 175 Å². The molecule has 7 heteroatoms. The first-order valence-electron chi connectivity index (χ1n) is 8.70. The van der Waals surface area contributed by atoms with Gasteiger partial charge in [0.2, 0.25) is 0 Å². The highest BCUT2D eigenvalue weighted by Crippen LogP contribution is 2.30. The summed E-state index contributed by atoms with van der Waals surface area (Å²) in [7, 11) is 0. The molecule has 5 nitrogen and oxygen atoms in total. The lowest BCUT2D eigenvalue weighted by molar-refractivity contribution is 0.204. The lowest BCUT2D eigenvalue weighted by atomic mass is 10.1. The molecule has 0 fully saturated rings. The molecule has 0 unspecified atom stereocenters. The van der Waals surface area contributed by atoms with Crippen molar-refractivity contribution in [2.24, 2.45) is 0 Å². The lowest BCUT2D eigenvalue weighted by Gasteiger charge is -2.13. The summed E-state index contributed by atoms with van der Waals surface area (Å²) in [5, 5.41) is 20.0. The van der Waals surface area contributed by atoms with Gasteiger partial charge < -0.3 is 5.11 Å². The number of hydrogen-bond acceptors (Lipinski definition) is 5. The number of aliphatic hydroxyl groups excluding tert-OH is 1. The molecular formula is C21H17BrN4OS. The van der Waals surface area contributed by atoms with Crippen LogP contribution in [-0.4, -0.2) is 30.6 Å². The molecule has 28 heavy (non-hydrogen) atoms. The minimum Gasteiger partial charge on any atom is -0.388 e. The van der Waals surface area contributed by atoms with Gasteiger partial charge in [0.25, 0.3) is 0 Å². The van der Waals surface area contributed by atoms with Crippen LogP contribution in [0.1, 0.15) is 11.7 Å². The van der Waals surface area contributed by atoms with Crippen molar-refractivity contribution < 1.29 is 5.11 Å². The Morgan fingerprint density at radius 1 is 0.964 bits per heavy atom. The Bertz CT molecular complexity index is 1040. The van der Waals surface area contributed by atoms with Crippen LogP contribution in [0, 0.1) is 0 Å². The predicted molar refractivity (Wildman–Crippen MR) is 114 cm³/mol. The second kappa shape index (κ2) is 8.68. The van der Waals surface area contributed by atoms with Gasteiger partial charge in [0.15, 0.2) is 11.0 Å². The molecule has 0 spiro atoms. The highest BCUT2D eigenvalue weighted by atomic mass is 79.9. The minimum atomic E-state index is -0.580. The maximum Gasteiger partial charge on any atom is 0.196 e. The molecule has 4 rings (SSSR count). The molecule has 2 aromatic heterocycles. The van der Waals surface area contributed by atoms with Crippen molar-refractivity contribution in [1.29, 1.82) is 0 Å². The molecule has 0 amide bonds. The van der Waals surface area contributed by atoms with Crippen LogP contribution in [0.5, 0.6) is 0 Å². The van der Waals surface area contributed by atoms with Crippen LogP contribution in [0.4, 0.5) is 0 Å². The summed E-state index contributed by atoms with van der Waals surface area (Å²) in [6.45, 7) is 0. The van der Waals surface area contributed by atoms with E-state index in [1.54, 1.807) is 12.4 Å². The molecule has 0 saturated carbocycles. The highest BCUT2D eigenvalue weighted by molar-refractivity contribution is 9.10. The number of hydrogen-bond donors (Lipinski definition) is 1. The fourth-order valence-electron chi connectivity index (χ4n) is 2.79. The van der Waals surface area contributed by atoms with Crippen molar-refractivity contribution in [2.75, 3.05) is 5.75 Å². The number of halogens is 1. The first-order valence-corrected chi connectivity index (χ1v) is 10.5. The number of pyridine rings is 1. The summed E-state index contributed by atoms with van der Waals surface area (Å²) in [5.74, 6) is 1.19. The van der Waals surface area contributed by atoms with Gasteiger partial charge in [0, 0.05) is 33.9 Å². The average Bonchev–Trinajstić information content (AvgIpc) is 3.18. The molecule has 1 atom stereocenters. The number of aromatic nitrogens is 4. The molecule has 2 heterocycles. The largest absolute Gasteiger partial charge is 0.388 e. The molecule has 140 valence electrons. The molecule has 2 aromatic carbocycles. The van der Waals surface area contributed by atoms with Crippen LogP contribution in [0.3, 0.4) is 0 Å². The number of benzene rings is 2. The van der Waals surface area contributed by atoms with E-state index in [0.29, 0.717) is 11.6 Å². The van der Waals surface area contributed by atoms with Gasteiger partial charge in [0.1, 0.15) is 0 Å². The maximum atomic E-state index is 10.5. The Hall–Kier alpha value is -2.48. The molecule has 0 aliphatic rings. The summed E-state index contributed by atoms with van der Waals surface area (Å²) >= 11 is 4.95. The van der Waals surface area contributed by atoms with Gasteiger partial charge in [-0.1, -0.05) is 58.0 Å². The van der Waals surface area contributed by atoms with E-state index < -0.39 is 6.10 Å². The fraction of sp³-hybridized carbons (Fsp3) is 0.0952. The molecule has 0 bridgehead atoms.